The molecule has 0 aromatic heterocycles. The lowest BCUT2D eigenvalue weighted by Crippen LogP contribution is -2.50. The van der Waals surface area contributed by atoms with Gasteiger partial charge in [-0.15, -0.1) is 0 Å². The Morgan fingerprint density at radius 3 is 2.71 bits per heavy atom. The average molecular weight is 238 g/mol. The van der Waals surface area contributed by atoms with Crippen LogP contribution in [0, 0.1) is 5.41 Å². The van der Waals surface area contributed by atoms with Crippen LogP contribution in [0.4, 0.5) is 0 Å². The summed E-state index contributed by atoms with van der Waals surface area (Å²) in [5.74, 6) is 0.229. The van der Waals surface area contributed by atoms with Crippen LogP contribution in [0.15, 0.2) is 0 Å². The molecule has 2 fully saturated rings. The van der Waals surface area contributed by atoms with Crippen LogP contribution in [0.3, 0.4) is 0 Å². The van der Waals surface area contributed by atoms with E-state index in [1.165, 1.54) is 32.1 Å². The van der Waals surface area contributed by atoms with Crippen molar-refractivity contribution in [3.05, 3.63) is 0 Å². The molecule has 1 amide bonds. The van der Waals surface area contributed by atoms with Crippen molar-refractivity contribution in [2.75, 3.05) is 6.54 Å². The summed E-state index contributed by atoms with van der Waals surface area (Å²) in [7, 11) is 0. The van der Waals surface area contributed by atoms with E-state index in [0.717, 1.165) is 19.4 Å². The Hall–Kier alpha value is -0.570. The van der Waals surface area contributed by atoms with Crippen molar-refractivity contribution in [3.63, 3.8) is 0 Å². The van der Waals surface area contributed by atoms with Gasteiger partial charge >= 0.3 is 0 Å². The quantitative estimate of drug-likeness (QED) is 0.774. The zero-order valence-corrected chi connectivity index (χ0v) is 11.2. The number of nitrogens with one attached hydrogen (secondary N) is 2. The minimum Gasteiger partial charge on any atom is -0.351 e. The molecule has 2 N–H and O–H groups in total. The second-order valence-corrected chi connectivity index (χ2v) is 6.30. The van der Waals surface area contributed by atoms with Gasteiger partial charge in [0.15, 0.2) is 0 Å². The van der Waals surface area contributed by atoms with Gasteiger partial charge in [-0.1, -0.05) is 33.1 Å². The highest BCUT2D eigenvalue weighted by atomic mass is 16.2. The highest BCUT2D eigenvalue weighted by molar-refractivity contribution is 5.82. The van der Waals surface area contributed by atoms with Gasteiger partial charge in [0.05, 0.1) is 6.04 Å². The topological polar surface area (TPSA) is 41.1 Å². The first-order valence-corrected chi connectivity index (χ1v) is 7.13. The van der Waals surface area contributed by atoms with Crippen molar-refractivity contribution in [1.29, 1.82) is 0 Å². The Morgan fingerprint density at radius 1 is 1.18 bits per heavy atom. The molecule has 2 aliphatic rings. The van der Waals surface area contributed by atoms with Gasteiger partial charge in [0.2, 0.25) is 5.91 Å². The first kappa shape index (κ1) is 12.9. The lowest BCUT2D eigenvalue weighted by atomic mass is 9.87. The predicted octanol–water partition coefficient (Wildman–Crippen LogP) is 2.21. The van der Waals surface area contributed by atoms with Gasteiger partial charge in [-0.05, 0) is 37.6 Å². The molecule has 1 aliphatic heterocycles. The van der Waals surface area contributed by atoms with E-state index in [2.05, 4.69) is 24.5 Å². The number of rotatable bonds is 2. The number of carbonyl (C=O) groups excluding carboxylic acids is 1. The molecule has 2 unspecified atom stereocenters. The van der Waals surface area contributed by atoms with Gasteiger partial charge in [-0.25, -0.2) is 0 Å². The summed E-state index contributed by atoms with van der Waals surface area (Å²) in [6, 6.07) is 0.425. The molecule has 2 atom stereocenters. The lowest BCUT2D eigenvalue weighted by Gasteiger charge is -2.29. The van der Waals surface area contributed by atoms with Crippen molar-refractivity contribution in [2.45, 2.75) is 70.9 Å². The Balaban J connectivity index is 1.87. The normalized spacial score (nSPS) is 33.1. The molecule has 1 heterocycles. The molecule has 0 bridgehead atoms. The zero-order valence-electron chi connectivity index (χ0n) is 11.2. The van der Waals surface area contributed by atoms with E-state index in [0.29, 0.717) is 6.04 Å². The minimum atomic E-state index is 0.0499. The maximum absolute atomic E-state index is 12.2. The van der Waals surface area contributed by atoms with Gasteiger partial charge in [-0.3, -0.25) is 4.79 Å². The van der Waals surface area contributed by atoms with Crippen LogP contribution in [-0.4, -0.2) is 24.5 Å². The first-order valence-electron chi connectivity index (χ1n) is 7.13. The van der Waals surface area contributed by atoms with Gasteiger partial charge in [0, 0.05) is 6.04 Å². The van der Waals surface area contributed by atoms with E-state index in [4.69, 9.17) is 0 Å². The molecule has 98 valence electrons. The van der Waals surface area contributed by atoms with Crippen molar-refractivity contribution < 1.29 is 4.79 Å². The molecule has 1 aliphatic carbocycles. The van der Waals surface area contributed by atoms with Gasteiger partial charge < -0.3 is 10.6 Å². The number of carbonyl (C=O) groups is 1. The molecular weight excluding hydrogens is 212 g/mol. The molecule has 0 radical (unpaired) electrons. The summed E-state index contributed by atoms with van der Waals surface area (Å²) >= 11 is 0. The molecule has 3 nitrogen and oxygen atoms in total. The second kappa shape index (κ2) is 5.38. The van der Waals surface area contributed by atoms with E-state index in [1.54, 1.807) is 0 Å². The maximum Gasteiger partial charge on any atom is 0.237 e. The summed E-state index contributed by atoms with van der Waals surface area (Å²) in [5.41, 5.74) is 0.278. The molecule has 1 saturated heterocycles. The smallest absolute Gasteiger partial charge is 0.237 e. The molecule has 2 rings (SSSR count). The third kappa shape index (κ3) is 3.21. The third-order valence-corrected chi connectivity index (χ3v) is 4.45. The van der Waals surface area contributed by atoms with E-state index >= 15 is 0 Å². The summed E-state index contributed by atoms with van der Waals surface area (Å²) in [5, 5.41) is 6.64. The predicted molar refractivity (Wildman–Crippen MR) is 69.8 cm³/mol. The monoisotopic (exact) mass is 238 g/mol. The molecule has 3 heteroatoms. The summed E-state index contributed by atoms with van der Waals surface area (Å²) < 4.78 is 0. The van der Waals surface area contributed by atoms with E-state index < -0.39 is 0 Å². The first-order chi connectivity index (χ1) is 8.09. The van der Waals surface area contributed by atoms with Gasteiger partial charge in [-0.2, -0.15) is 0 Å². The van der Waals surface area contributed by atoms with E-state index in [-0.39, 0.29) is 17.4 Å². The molecule has 0 spiro atoms. The van der Waals surface area contributed by atoms with Crippen LogP contribution in [-0.2, 0) is 4.79 Å². The fourth-order valence-electron chi connectivity index (χ4n) is 3.12. The van der Waals surface area contributed by atoms with Crippen LogP contribution >= 0.6 is 0 Å². The SMILES string of the molecule is CC1(C)CCCC1NC(=O)C1CCCCCN1. The fraction of sp³-hybridized carbons (Fsp3) is 0.929. The fourth-order valence-corrected chi connectivity index (χ4v) is 3.12. The summed E-state index contributed by atoms with van der Waals surface area (Å²) in [6.07, 6.45) is 8.26. The molecule has 17 heavy (non-hydrogen) atoms. The maximum atomic E-state index is 12.2. The Kier molecular flexibility index (Phi) is 4.08. The Bertz CT molecular complexity index is 267. The van der Waals surface area contributed by atoms with Crippen LogP contribution in [0.1, 0.15) is 58.8 Å². The zero-order chi connectivity index (χ0) is 12.3. The van der Waals surface area contributed by atoms with Gasteiger partial charge in [0.1, 0.15) is 0 Å². The summed E-state index contributed by atoms with van der Waals surface area (Å²) in [4.78, 5) is 12.2. The Morgan fingerprint density at radius 2 is 2.00 bits per heavy atom. The average Bonchev–Trinajstić information content (AvgIpc) is 2.54. The van der Waals surface area contributed by atoms with Crippen LogP contribution in [0.2, 0.25) is 0 Å². The standard InChI is InChI=1S/C14H26N2O/c1-14(2)9-6-8-12(14)16-13(17)11-7-4-3-5-10-15-11/h11-12,15H,3-10H2,1-2H3,(H,16,17). The number of amides is 1. The highest BCUT2D eigenvalue weighted by Crippen LogP contribution is 2.37. The molecular formula is C14H26N2O. The molecule has 0 aromatic rings. The number of hydrogen-bond donors (Lipinski definition) is 2. The highest BCUT2D eigenvalue weighted by Gasteiger charge is 2.36. The van der Waals surface area contributed by atoms with Gasteiger partial charge in [0.25, 0.3) is 0 Å². The second-order valence-electron chi connectivity index (χ2n) is 6.30. The van der Waals surface area contributed by atoms with Crippen LogP contribution in [0.5, 0.6) is 0 Å². The van der Waals surface area contributed by atoms with Crippen molar-refractivity contribution >= 4 is 5.91 Å². The minimum absolute atomic E-state index is 0.0499. The Labute approximate surface area is 105 Å². The largest absolute Gasteiger partial charge is 0.351 e. The summed E-state index contributed by atoms with van der Waals surface area (Å²) in [6.45, 7) is 5.53. The third-order valence-electron chi connectivity index (χ3n) is 4.45. The van der Waals surface area contributed by atoms with Crippen molar-refractivity contribution in [2.24, 2.45) is 5.41 Å². The molecule has 1 saturated carbocycles. The van der Waals surface area contributed by atoms with Crippen molar-refractivity contribution in [3.8, 4) is 0 Å². The van der Waals surface area contributed by atoms with Crippen molar-refractivity contribution in [1.82, 2.24) is 10.6 Å². The van der Waals surface area contributed by atoms with Crippen LogP contribution < -0.4 is 10.6 Å². The van der Waals surface area contributed by atoms with E-state index in [1.807, 2.05) is 0 Å². The lowest BCUT2D eigenvalue weighted by molar-refractivity contribution is -0.124. The molecule has 0 aromatic carbocycles. The number of hydrogen-bond acceptors (Lipinski definition) is 2. The van der Waals surface area contributed by atoms with E-state index in [9.17, 15) is 4.79 Å². The van der Waals surface area contributed by atoms with Crippen LogP contribution in [0.25, 0.3) is 0 Å².